The average Bonchev–Trinajstić information content (AvgIpc) is 2.42. The number of carbonyl (C=O) groups excluding carboxylic acids is 1. The molecule has 0 radical (unpaired) electrons. The Hall–Kier alpha value is -0.830. The Morgan fingerprint density at radius 1 is 1.53 bits per heavy atom. The molecule has 0 bridgehead atoms. The van der Waals surface area contributed by atoms with Gasteiger partial charge in [-0.15, -0.1) is 0 Å². The maximum absolute atomic E-state index is 11.1. The summed E-state index contributed by atoms with van der Waals surface area (Å²) >= 11 is 3.45. The predicted molar refractivity (Wildman–Crippen MR) is 61.6 cm³/mol. The van der Waals surface area contributed by atoms with E-state index in [9.17, 15) is 4.79 Å². The molecule has 0 fully saturated rings. The second-order valence-corrected chi connectivity index (χ2v) is 5.04. The molecule has 0 heterocycles. The number of hydrogen-bond donors (Lipinski definition) is 0. The van der Waals surface area contributed by atoms with Crippen molar-refractivity contribution in [3.05, 3.63) is 33.8 Å². The molecule has 0 N–H and O–H groups in total. The first-order chi connectivity index (χ1) is 7.01. The highest BCUT2D eigenvalue weighted by Crippen LogP contribution is 2.40. The topological polar surface area (TPSA) is 26.3 Å². The molecule has 1 aromatic carbocycles. The van der Waals surface area contributed by atoms with Crippen molar-refractivity contribution in [2.75, 3.05) is 0 Å². The highest BCUT2D eigenvalue weighted by Gasteiger charge is 2.37. The molecule has 0 saturated carbocycles. The van der Waals surface area contributed by atoms with Crippen molar-refractivity contribution >= 4 is 21.9 Å². The van der Waals surface area contributed by atoms with Crippen molar-refractivity contribution in [1.29, 1.82) is 0 Å². The number of aryl methyl sites for hydroxylation is 1. The molecule has 1 unspecified atom stereocenters. The number of halogens is 1. The summed E-state index contributed by atoms with van der Waals surface area (Å²) in [5.41, 5.74) is 1.98. The van der Waals surface area contributed by atoms with Crippen LogP contribution in [0.25, 0.3) is 0 Å². The van der Waals surface area contributed by atoms with Crippen molar-refractivity contribution in [1.82, 2.24) is 0 Å². The van der Waals surface area contributed by atoms with E-state index >= 15 is 0 Å². The molecule has 2 rings (SSSR count). The van der Waals surface area contributed by atoms with Gasteiger partial charge in [0.05, 0.1) is 0 Å². The second-order valence-electron chi connectivity index (χ2n) is 4.13. The highest BCUT2D eigenvalue weighted by atomic mass is 79.9. The molecule has 15 heavy (non-hydrogen) atoms. The van der Waals surface area contributed by atoms with Gasteiger partial charge in [-0.05, 0) is 43.0 Å². The number of rotatable bonds is 1. The molecule has 80 valence electrons. The first-order valence-corrected chi connectivity index (χ1v) is 5.79. The quantitative estimate of drug-likeness (QED) is 0.732. The smallest absolute Gasteiger partial charge is 0.303 e. The summed E-state index contributed by atoms with van der Waals surface area (Å²) in [6, 6.07) is 6.13. The Balaban J connectivity index is 2.39. The van der Waals surface area contributed by atoms with Crippen LogP contribution in [0.2, 0.25) is 0 Å². The van der Waals surface area contributed by atoms with E-state index in [0.717, 1.165) is 22.9 Å². The van der Waals surface area contributed by atoms with Crippen molar-refractivity contribution < 1.29 is 9.53 Å². The van der Waals surface area contributed by atoms with Crippen LogP contribution in [-0.2, 0) is 21.6 Å². The monoisotopic (exact) mass is 268 g/mol. The lowest BCUT2D eigenvalue weighted by molar-refractivity contribution is -0.156. The van der Waals surface area contributed by atoms with Crippen LogP contribution >= 0.6 is 15.9 Å². The fourth-order valence-corrected chi connectivity index (χ4v) is 2.62. The van der Waals surface area contributed by atoms with Gasteiger partial charge in [0.1, 0.15) is 5.60 Å². The van der Waals surface area contributed by atoms with Crippen LogP contribution in [-0.4, -0.2) is 5.97 Å². The number of esters is 1. The lowest BCUT2D eigenvalue weighted by atomic mass is 9.98. The molecule has 0 aromatic heterocycles. The van der Waals surface area contributed by atoms with E-state index in [-0.39, 0.29) is 5.97 Å². The Bertz CT molecular complexity index is 414. The molecule has 3 heteroatoms. The fourth-order valence-electron chi connectivity index (χ4n) is 2.22. The second kappa shape index (κ2) is 3.63. The minimum atomic E-state index is -0.429. The van der Waals surface area contributed by atoms with E-state index in [1.54, 1.807) is 0 Å². The third-order valence-corrected chi connectivity index (χ3v) is 3.37. The zero-order chi connectivity index (χ0) is 11.1. The molecule has 1 aliphatic rings. The molecule has 0 aliphatic heterocycles. The van der Waals surface area contributed by atoms with Gasteiger partial charge in [0.25, 0.3) is 0 Å². The number of benzene rings is 1. The first-order valence-electron chi connectivity index (χ1n) is 5.00. The van der Waals surface area contributed by atoms with E-state index in [0.29, 0.717) is 0 Å². The van der Waals surface area contributed by atoms with Crippen molar-refractivity contribution in [3.63, 3.8) is 0 Å². The zero-order valence-corrected chi connectivity index (χ0v) is 10.4. The summed E-state index contributed by atoms with van der Waals surface area (Å²) < 4.78 is 6.49. The van der Waals surface area contributed by atoms with Gasteiger partial charge >= 0.3 is 5.97 Å². The molecule has 1 aromatic rings. The first kappa shape index (κ1) is 10.7. The van der Waals surface area contributed by atoms with Crippen LogP contribution in [0, 0.1) is 0 Å². The summed E-state index contributed by atoms with van der Waals surface area (Å²) in [6.45, 7) is 3.44. The largest absolute Gasteiger partial charge is 0.455 e. The van der Waals surface area contributed by atoms with Gasteiger partial charge < -0.3 is 4.74 Å². The summed E-state index contributed by atoms with van der Waals surface area (Å²) in [5.74, 6) is -0.215. The summed E-state index contributed by atoms with van der Waals surface area (Å²) in [5, 5.41) is 0. The summed E-state index contributed by atoms with van der Waals surface area (Å²) in [6.07, 6.45) is 1.84. The SMILES string of the molecule is CC(=O)OC1(C)CCc2cc(Br)ccc21. The van der Waals surface area contributed by atoms with Gasteiger partial charge in [0.15, 0.2) is 0 Å². The minimum Gasteiger partial charge on any atom is -0.455 e. The maximum Gasteiger partial charge on any atom is 0.303 e. The van der Waals surface area contributed by atoms with Crippen LogP contribution in [0.15, 0.2) is 22.7 Å². The van der Waals surface area contributed by atoms with E-state index < -0.39 is 5.60 Å². The molecule has 1 atom stereocenters. The highest BCUT2D eigenvalue weighted by molar-refractivity contribution is 9.10. The molecule has 0 amide bonds. The molecular formula is C12H13BrO2. The van der Waals surface area contributed by atoms with Gasteiger partial charge in [-0.3, -0.25) is 4.79 Å². The van der Waals surface area contributed by atoms with E-state index in [1.165, 1.54) is 12.5 Å². The van der Waals surface area contributed by atoms with Crippen LogP contribution in [0.5, 0.6) is 0 Å². The molecular weight excluding hydrogens is 256 g/mol. The molecule has 2 nitrogen and oxygen atoms in total. The van der Waals surface area contributed by atoms with E-state index in [2.05, 4.69) is 22.0 Å². The number of fused-ring (bicyclic) bond motifs is 1. The van der Waals surface area contributed by atoms with Gasteiger partial charge in [0.2, 0.25) is 0 Å². The Morgan fingerprint density at radius 2 is 2.27 bits per heavy atom. The van der Waals surface area contributed by atoms with Crippen molar-refractivity contribution in [2.45, 2.75) is 32.3 Å². The average molecular weight is 269 g/mol. The van der Waals surface area contributed by atoms with Gasteiger partial charge in [-0.25, -0.2) is 0 Å². The molecule has 0 spiro atoms. The normalized spacial score (nSPS) is 23.7. The third-order valence-electron chi connectivity index (χ3n) is 2.88. The van der Waals surface area contributed by atoms with Gasteiger partial charge in [-0.2, -0.15) is 0 Å². The Labute approximate surface area is 97.8 Å². The fraction of sp³-hybridized carbons (Fsp3) is 0.417. The maximum atomic E-state index is 11.1. The van der Waals surface area contributed by atoms with Crippen molar-refractivity contribution in [3.8, 4) is 0 Å². The summed E-state index contributed by atoms with van der Waals surface area (Å²) in [4.78, 5) is 11.1. The number of ether oxygens (including phenoxy) is 1. The van der Waals surface area contributed by atoms with Gasteiger partial charge in [0, 0.05) is 11.4 Å². The van der Waals surface area contributed by atoms with E-state index in [1.807, 2.05) is 19.1 Å². The summed E-state index contributed by atoms with van der Waals surface area (Å²) in [7, 11) is 0. The van der Waals surface area contributed by atoms with E-state index in [4.69, 9.17) is 4.74 Å². The predicted octanol–water partition coefficient (Wildman–Crippen LogP) is 3.17. The lowest BCUT2D eigenvalue weighted by Gasteiger charge is -2.25. The minimum absolute atomic E-state index is 0.215. The van der Waals surface area contributed by atoms with Crippen LogP contribution < -0.4 is 0 Å². The lowest BCUT2D eigenvalue weighted by Crippen LogP contribution is -2.25. The Kier molecular flexibility index (Phi) is 2.59. The van der Waals surface area contributed by atoms with Crippen LogP contribution in [0.4, 0.5) is 0 Å². The third kappa shape index (κ3) is 1.93. The van der Waals surface area contributed by atoms with Crippen LogP contribution in [0.1, 0.15) is 31.4 Å². The number of carbonyl (C=O) groups is 1. The van der Waals surface area contributed by atoms with Crippen molar-refractivity contribution in [2.24, 2.45) is 0 Å². The molecule has 0 saturated heterocycles. The molecule has 1 aliphatic carbocycles. The zero-order valence-electron chi connectivity index (χ0n) is 8.84. The van der Waals surface area contributed by atoms with Gasteiger partial charge in [-0.1, -0.05) is 22.0 Å². The number of hydrogen-bond acceptors (Lipinski definition) is 2. The Morgan fingerprint density at radius 3 is 2.93 bits per heavy atom. The van der Waals surface area contributed by atoms with Crippen LogP contribution in [0.3, 0.4) is 0 Å². The standard InChI is InChI=1S/C12H13BrO2/c1-8(14)15-12(2)6-5-9-7-10(13)3-4-11(9)12/h3-4,7H,5-6H2,1-2H3.